The van der Waals surface area contributed by atoms with Gasteiger partial charge in [-0.1, -0.05) is 11.2 Å². The number of fused-ring (bicyclic) bond motifs is 4. The summed E-state index contributed by atoms with van der Waals surface area (Å²) in [6, 6.07) is 5.58. The first-order valence-electron chi connectivity index (χ1n) is 11.7. The summed E-state index contributed by atoms with van der Waals surface area (Å²) in [5.41, 5.74) is 8.84. The van der Waals surface area contributed by atoms with Crippen molar-refractivity contribution < 1.29 is 23.6 Å². The zero-order valence-corrected chi connectivity index (χ0v) is 20.8. The first kappa shape index (κ1) is 23.1. The molecular weight excluding hydrogens is 448 g/mol. The summed E-state index contributed by atoms with van der Waals surface area (Å²) in [5, 5.41) is 7.40. The second kappa shape index (κ2) is 7.44. The molecular formula is C26H30N4O5. The topological polar surface area (TPSA) is 129 Å². The summed E-state index contributed by atoms with van der Waals surface area (Å²) in [7, 11) is 0. The largest absolute Gasteiger partial charge is 0.454 e. The second-order valence-corrected chi connectivity index (χ2v) is 10.9. The van der Waals surface area contributed by atoms with E-state index in [4.69, 9.17) is 19.7 Å². The molecule has 0 spiro atoms. The third-order valence-corrected chi connectivity index (χ3v) is 6.88. The van der Waals surface area contributed by atoms with Crippen molar-refractivity contribution in [1.82, 2.24) is 10.3 Å². The van der Waals surface area contributed by atoms with Crippen molar-refractivity contribution in [2.45, 2.75) is 71.4 Å². The SMILES string of the molecule is C/C(N)=N/OC(=O)C12CC1(c1ccnc3c1oc1c([C@@H](C)NC(=O)OC(C)(C)C)cc(C)cc13)C2. The third kappa shape index (κ3) is 3.69. The van der Waals surface area contributed by atoms with E-state index in [2.05, 4.69) is 15.5 Å². The number of rotatable bonds is 5. The van der Waals surface area contributed by atoms with Crippen LogP contribution >= 0.6 is 0 Å². The van der Waals surface area contributed by atoms with E-state index in [0.29, 0.717) is 24.0 Å². The number of benzene rings is 1. The molecule has 5 rings (SSSR count). The first-order chi connectivity index (χ1) is 16.4. The highest BCUT2D eigenvalue weighted by atomic mass is 16.7. The van der Waals surface area contributed by atoms with Crippen LogP contribution in [0.4, 0.5) is 4.79 Å². The van der Waals surface area contributed by atoms with E-state index < -0.39 is 17.1 Å². The molecule has 184 valence electrons. The van der Waals surface area contributed by atoms with E-state index in [9.17, 15) is 9.59 Å². The number of pyridine rings is 1. The number of carbonyl (C=O) groups excluding carboxylic acids is 2. The van der Waals surface area contributed by atoms with Crippen LogP contribution in [0.2, 0.25) is 0 Å². The summed E-state index contributed by atoms with van der Waals surface area (Å²) >= 11 is 0. The predicted molar refractivity (Wildman–Crippen MR) is 131 cm³/mol. The Bertz CT molecular complexity index is 1400. The minimum Gasteiger partial charge on any atom is -0.454 e. The minimum absolute atomic E-state index is 0.197. The van der Waals surface area contributed by atoms with Gasteiger partial charge in [0.1, 0.15) is 22.5 Å². The summed E-state index contributed by atoms with van der Waals surface area (Å²) < 4.78 is 11.9. The Morgan fingerprint density at radius 1 is 1.26 bits per heavy atom. The van der Waals surface area contributed by atoms with Crippen LogP contribution in [0.15, 0.2) is 34.0 Å². The van der Waals surface area contributed by atoms with Gasteiger partial charge in [-0.2, -0.15) is 0 Å². The molecule has 2 aliphatic carbocycles. The molecule has 1 atom stereocenters. The molecule has 2 saturated carbocycles. The molecule has 3 N–H and O–H groups in total. The molecule has 2 aromatic heterocycles. The highest BCUT2D eigenvalue weighted by Crippen LogP contribution is 2.86. The van der Waals surface area contributed by atoms with Gasteiger partial charge in [-0.15, -0.1) is 0 Å². The Hall–Kier alpha value is -3.62. The molecule has 35 heavy (non-hydrogen) atoms. The number of furan rings is 1. The maximum absolute atomic E-state index is 12.7. The van der Waals surface area contributed by atoms with Crippen molar-refractivity contribution in [2.75, 3.05) is 0 Å². The van der Waals surface area contributed by atoms with E-state index in [1.54, 1.807) is 13.1 Å². The number of aromatic nitrogens is 1. The van der Waals surface area contributed by atoms with E-state index in [1.165, 1.54) is 0 Å². The molecule has 0 bridgehead atoms. The van der Waals surface area contributed by atoms with Gasteiger partial charge in [-0.25, -0.2) is 9.59 Å². The van der Waals surface area contributed by atoms with Gasteiger partial charge in [0.2, 0.25) is 0 Å². The van der Waals surface area contributed by atoms with Gasteiger partial charge in [0.05, 0.1) is 11.5 Å². The molecule has 2 fully saturated rings. The zero-order chi connectivity index (χ0) is 25.3. The van der Waals surface area contributed by atoms with Gasteiger partial charge in [0.15, 0.2) is 5.58 Å². The van der Waals surface area contributed by atoms with Gasteiger partial charge < -0.3 is 25.0 Å². The van der Waals surface area contributed by atoms with Crippen molar-refractivity contribution in [2.24, 2.45) is 16.3 Å². The quantitative estimate of drug-likeness (QED) is 0.234. The van der Waals surface area contributed by atoms with Crippen LogP contribution < -0.4 is 11.1 Å². The minimum atomic E-state index is -0.598. The van der Waals surface area contributed by atoms with Crippen LogP contribution in [0.1, 0.15) is 70.2 Å². The van der Waals surface area contributed by atoms with Crippen LogP contribution in [0.3, 0.4) is 0 Å². The number of nitrogens with two attached hydrogens (primary N) is 1. The fraction of sp³-hybridized carbons (Fsp3) is 0.462. The average Bonchev–Trinajstić information content (AvgIpc) is 3.54. The van der Waals surface area contributed by atoms with Crippen LogP contribution in [-0.4, -0.2) is 28.5 Å². The van der Waals surface area contributed by atoms with Gasteiger partial charge >= 0.3 is 12.1 Å². The number of amides is 1. The molecule has 0 unspecified atom stereocenters. The Labute approximate surface area is 203 Å². The van der Waals surface area contributed by atoms with Crippen molar-refractivity contribution in [3.05, 3.63) is 41.1 Å². The van der Waals surface area contributed by atoms with Crippen molar-refractivity contribution in [3.8, 4) is 0 Å². The first-order valence-corrected chi connectivity index (χ1v) is 11.7. The molecule has 0 saturated heterocycles. The van der Waals surface area contributed by atoms with Gasteiger partial charge in [0, 0.05) is 28.1 Å². The standard InChI is InChI=1S/C26H30N4O5/c1-13-9-16(14(2)29-23(32)34-24(4,5)6)20-17(10-13)19-21(33-20)18(7-8-28-19)25-11-26(25,12-25)22(31)35-30-15(3)27/h7-10,14H,11-12H2,1-6H3,(H2,27,30)(H,29,32)/t14-,25?,26?/m1/s1. The number of ether oxygens (including phenoxy) is 1. The maximum atomic E-state index is 12.7. The van der Waals surface area contributed by atoms with Crippen LogP contribution in [0.5, 0.6) is 0 Å². The molecule has 1 amide bonds. The van der Waals surface area contributed by atoms with E-state index in [-0.39, 0.29) is 23.3 Å². The van der Waals surface area contributed by atoms with E-state index >= 15 is 0 Å². The van der Waals surface area contributed by atoms with Gasteiger partial charge in [-0.3, -0.25) is 4.98 Å². The van der Waals surface area contributed by atoms with Crippen molar-refractivity contribution in [3.63, 3.8) is 0 Å². The Morgan fingerprint density at radius 2 is 1.97 bits per heavy atom. The lowest BCUT2D eigenvalue weighted by atomic mass is 10.0. The van der Waals surface area contributed by atoms with Gasteiger partial charge in [0.25, 0.3) is 0 Å². The highest BCUT2D eigenvalue weighted by Gasteiger charge is 2.89. The number of alkyl carbamates (subject to hydrolysis) is 1. The number of aryl methyl sites for hydroxylation is 1. The molecule has 0 aliphatic heterocycles. The molecule has 2 aliphatic rings. The lowest BCUT2D eigenvalue weighted by Gasteiger charge is -2.22. The number of oxime groups is 1. The van der Waals surface area contributed by atoms with E-state index in [0.717, 1.165) is 27.6 Å². The number of amidine groups is 1. The fourth-order valence-electron chi connectivity index (χ4n) is 5.08. The summed E-state index contributed by atoms with van der Waals surface area (Å²) in [6.07, 6.45) is 2.61. The van der Waals surface area contributed by atoms with E-state index in [1.807, 2.05) is 52.8 Å². The Kier molecular flexibility index (Phi) is 4.92. The van der Waals surface area contributed by atoms with Gasteiger partial charge in [-0.05, 0) is 72.1 Å². The Balaban J connectivity index is 1.52. The highest BCUT2D eigenvalue weighted by molar-refractivity contribution is 6.06. The van der Waals surface area contributed by atoms with Crippen LogP contribution in [0, 0.1) is 12.3 Å². The summed E-state index contributed by atoms with van der Waals surface area (Å²) in [4.78, 5) is 34.7. The molecule has 0 radical (unpaired) electrons. The summed E-state index contributed by atoms with van der Waals surface area (Å²) in [6.45, 7) is 10.9. The number of hydrogen-bond acceptors (Lipinski definition) is 7. The Morgan fingerprint density at radius 3 is 2.63 bits per heavy atom. The molecule has 1 aromatic carbocycles. The maximum Gasteiger partial charge on any atom is 0.408 e. The van der Waals surface area contributed by atoms with Crippen molar-refractivity contribution in [1.29, 1.82) is 0 Å². The molecule has 9 heteroatoms. The lowest BCUT2D eigenvalue weighted by Crippen LogP contribution is -2.34. The summed E-state index contributed by atoms with van der Waals surface area (Å²) in [5.74, 6) is -0.169. The molecule has 3 aromatic rings. The number of hydrogen-bond donors (Lipinski definition) is 2. The number of nitrogens with zero attached hydrogens (tertiary/aromatic N) is 2. The fourth-order valence-corrected chi connectivity index (χ4v) is 5.08. The zero-order valence-electron chi connectivity index (χ0n) is 20.8. The normalized spacial score (nSPS) is 24.1. The average molecular weight is 479 g/mol. The molecule has 9 nitrogen and oxygen atoms in total. The van der Waals surface area contributed by atoms with Crippen LogP contribution in [0.25, 0.3) is 22.1 Å². The smallest absolute Gasteiger partial charge is 0.408 e. The number of nitrogens with one attached hydrogen (secondary N) is 1. The monoisotopic (exact) mass is 478 g/mol. The number of carbonyl (C=O) groups is 2. The predicted octanol–water partition coefficient (Wildman–Crippen LogP) is 4.74. The molecule has 2 heterocycles. The third-order valence-electron chi connectivity index (χ3n) is 6.88. The second-order valence-electron chi connectivity index (χ2n) is 10.9. The lowest BCUT2D eigenvalue weighted by molar-refractivity contribution is -0.147. The van der Waals surface area contributed by atoms with Crippen molar-refractivity contribution >= 4 is 40.0 Å². The van der Waals surface area contributed by atoms with Crippen LogP contribution in [-0.2, 0) is 19.8 Å².